The highest BCUT2D eigenvalue weighted by molar-refractivity contribution is 7.51. The van der Waals surface area contributed by atoms with Crippen molar-refractivity contribution in [3.8, 4) is 0 Å². The SMILES string of the molecule is COCCOP(=O)(N[C@@H](C)C(=O)OC(C)C)OC[C@@]1(C)O[C@@H](c2ccc3c(N)ncnn23)[C@H](O)[C@@H]1O. The van der Waals surface area contributed by atoms with Crippen molar-refractivity contribution in [1.29, 1.82) is 0 Å². The number of carbonyl (C=O) groups excluding carboxylic acids is 1. The molecule has 0 saturated carbocycles. The van der Waals surface area contributed by atoms with Gasteiger partial charge in [-0.2, -0.15) is 5.10 Å². The summed E-state index contributed by atoms with van der Waals surface area (Å²) < 4.78 is 42.0. The lowest BCUT2D eigenvalue weighted by Gasteiger charge is -2.30. The second kappa shape index (κ2) is 11.5. The van der Waals surface area contributed by atoms with Gasteiger partial charge in [-0.25, -0.2) is 19.2 Å². The standard InChI is InChI=1S/C21H34N5O9P/c1-12(2)34-20(29)13(3)25-36(30,32-9-8-31-5)33-10-21(4)18(28)16(27)17(35-21)14-6-7-15-19(22)23-11-24-26(14)15/h6-7,11-13,16-18,27-28H,8-10H2,1-5H3,(H,25,30)(H2,22,23,24)/t13-,16-,17-,18-,21+,36?/m0/s1. The Labute approximate surface area is 208 Å². The Morgan fingerprint density at radius 2 is 2.03 bits per heavy atom. The van der Waals surface area contributed by atoms with E-state index in [2.05, 4.69) is 15.2 Å². The first kappa shape index (κ1) is 28.4. The minimum Gasteiger partial charge on any atom is -0.462 e. The molecule has 5 N–H and O–H groups in total. The van der Waals surface area contributed by atoms with Crippen LogP contribution < -0.4 is 10.8 Å². The third-order valence-corrected chi connectivity index (χ3v) is 7.28. The number of carbonyl (C=O) groups is 1. The zero-order valence-corrected chi connectivity index (χ0v) is 21.8. The molecule has 14 nitrogen and oxygen atoms in total. The van der Waals surface area contributed by atoms with Crippen LogP contribution >= 0.6 is 7.75 Å². The van der Waals surface area contributed by atoms with Gasteiger partial charge in [0.15, 0.2) is 5.82 Å². The molecule has 1 unspecified atom stereocenters. The lowest BCUT2D eigenvalue weighted by atomic mass is 9.97. The van der Waals surface area contributed by atoms with E-state index in [4.69, 9.17) is 29.0 Å². The van der Waals surface area contributed by atoms with Crippen molar-refractivity contribution >= 4 is 25.1 Å². The number of fused-ring (bicyclic) bond motifs is 1. The molecule has 1 saturated heterocycles. The van der Waals surface area contributed by atoms with Gasteiger partial charge in [0.25, 0.3) is 0 Å². The molecule has 2 aromatic rings. The normalized spacial score (nSPS) is 26.8. The van der Waals surface area contributed by atoms with Crippen LogP contribution in [0.15, 0.2) is 18.5 Å². The molecule has 0 bridgehead atoms. The third kappa shape index (κ3) is 6.21. The smallest absolute Gasteiger partial charge is 0.406 e. The molecule has 36 heavy (non-hydrogen) atoms. The number of nitrogens with zero attached hydrogens (tertiary/aromatic N) is 3. The highest BCUT2D eigenvalue weighted by Crippen LogP contribution is 2.48. The van der Waals surface area contributed by atoms with E-state index in [1.165, 1.54) is 31.8 Å². The molecule has 202 valence electrons. The molecule has 1 fully saturated rings. The van der Waals surface area contributed by atoms with Crippen molar-refractivity contribution < 1.29 is 42.8 Å². The summed E-state index contributed by atoms with van der Waals surface area (Å²) in [5, 5.41) is 28.3. The van der Waals surface area contributed by atoms with Gasteiger partial charge in [0.2, 0.25) is 0 Å². The van der Waals surface area contributed by atoms with Crippen molar-refractivity contribution in [2.24, 2.45) is 0 Å². The van der Waals surface area contributed by atoms with E-state index in [1.807, 2.05) is 0 Å². The summed E-state index contributed by atoms with van der Waals surface area (Å²) >= 11 is 0. The summed E-state index contributed by atoms with van der Waals surface area (Å²) in [6, 6.07) is 2.28. The van der Waals surface area contributed by atoms with Crippen molar-refractivity contribution in [2.45, 2.75) is 63.8 Å². The number of nitrogens with two attached hydrogens (primary N) is 1. The number of methoxy groups -OCH3 is 1. The molecule has 3 heterocycles. The van der Waals surface area contributed by atoms with E-state index in [1.54, 1.807) is 26.0 Å². The van der Waals surface area contributed by atoms with Gasteiger partial charge in [0, 0.05) is 7.11 Å². The van der Waals surface area contributed by atoms with E-state index in [0.717, 1.165) is 0 Å². The van der Waals surface area contributed by atoms with E-state index in [-0.39, 0.29) is 25.1 Å². The summed E-state index contributed by atoms with van der Waals surface area (Å²) in [7, 11) is -2.67. The van der Waals surface area contributed by atoms with Crippen molar-refractivity contribution in [2.75, 3.05) is 32.7 Å². The summed E-state index contributed by atoms with van der Waals surface area (Å²) in [6.07, 6.45) is -2.91. The number of hydrogen-bond acceptors (Lipinski definition) is 12. The van der Waals surface area contributed by atoms with Crippen LogP contribution in [-0.4, -0.2) is 87.7 Å². The minimum atomic E-state index is -4.12. The fourth-order valence-electron chi connectivity index (χ4n) is 3.69. The molecule has 0 amide bonds. The van der Waals surface area contributed by atoms with E-state index in [9.17, 15) is 19.6 Å². The molecule has 15 heteroatoms. The third-order valence-electron chi connectivity index (χ3n) is 5.59. The van der Waals surface area contributed by atoms with Gasteiger partial charge in [-0.3, -0.25) is 13.8 Å². The molecule has 0 aliphatic carbocycles. The fourth-order valence-corrected chi connectivity index (χ4v) is 5.23. The number of anilines is 1. The first-order valence-electron chi connectivity index (χ1n) is 11.4. The van der Waals surface area contributed by atoms with Gasteiger partial charge in [0.1, 0.15) is 41.8 Å². The molecule has 6 atom stereocenters. The number of ether oxygens (including phenoxy) is 3. The topological polar surface area (TPSA) is 189 Å². The van der Waals surface area contributed by atoms with Crippen molar-refractivity contribution in [3.63, 3.8) is 0 Å². The molecular weight excluding hydrogens is 497 g/mol. The molecule has 1 aliphatic rings. The maximum Gasteiger partial charge on any atom is 0.406 e. The number of hydrogen-bond donors (Lipinski definition) is 4. The van der Waals surface area contributed by atoms with Crippen LogP contribution in [0.1, 0.15) is 39.5 Å². The predicted molar refractivity (Wildman–Crippen MR) is 127 cm³/mol. The molecule has 3 rings (SSSR count). The monoisotopic (exact) mass is 531 g/mol. The number of aromatic nitrogens is 3. The zero-order valence-electron chi connectivity index (χ0n) is 20.9. The summed E-state index contributed by atoms with van der Waals surface area (Å²) in [6.45, 7) is 5.88. The average Bonchev–Trinajstić information content (AvgIpc) is 3.34. The molecule has 0 aromatic carbocycles. The number of nitrogens with one attached hydrogen (secondary N) is 1. The minimum absolute atomic E-state index is 0.102. The maximum absolute atomic E-state index is 13.4. The van der Waals surface area contributed by atoms with Crippen LogP contribution in [0.3, 0.4) is 0 Å². The van der Waals surface area contributed by atoms with Crippen LogP contribution in [-0.2, 0) is 32.6 Å². The molecule has 0 radical (unpaired) electrons. The van der Waals surface area contributed by atoms with Crippen LogP contribution in [0.25, 0.3) is 5.52 Å². The Balaban J connectivity index is 1.77. The predicted octanol–water partition coefficient (Wildman–Crippen LogP) is 0.581. The second-order valence-electron chi connectivity index (χ2n) is 8.92. The highest BCUT2D eigenvalue weighted by Gasteiger charge is 2.53. The van der Waals surface area contributed by atoms with Crippen LogP contribution in [0, 0.1) is 0 Å². The maximum atomic E-state index is 13.4. The lowest BCUT2D eigenvalue weighted by Crippen LogP contribution is -2.45. The van der Waals surface area contributed by atoms with Gasteiger partial charge in [-0.05, 0) is 39.8 Å². The van der Waals surface area contributed by atoms with Gasteiger partial charge in [-0.1, -0.05) is 0 Å². The number of aliphatic hydroxyl groups excluding tert-OH is 2. The molecule has 0 spiro atoms. The van der Waals surface area contributed by atoms with Gasteiger partial charge in [0.05, 0.1) is 31.6 Å². The van der Waals surface area contributed by atoms with Gasteiger partial charge in [-0.15, -0.1) is 0 Å². The zero-order chi connectivity index (χ0) is 26.7. The van der Waals surface area contributed by atoms with Crippen LogP contribution in [0.2, 0.25) is 0 Å². The first-order valence-corrected chi connectivity index (χ1v) is 12.9. The number of nitrogen functional groups attached to an aromatic ring is 1. The quantitative estimate of drug-likeness (QED) is 0.169. The summed E-state index contributed by atoms with van der Waals surface area (Å²) in [5.41, 5.74) is 5.31. The summed E-state index contributed by atoms with van der Waals surface area (Å²) in [4.78, 5) is 16.2. The Bertz CT molecular complexity index is 1100. The highest BCUT2D eigenvalue weighted by atomic mass is 31.2. The second-order valence-corrected chi connectivity index (χ2v) is 10.7. The van der Waals surface area contributed by atoms with Gasteiger partial charge < -0.3 is 30.2 Å². The Morgan fingerprint density at radius 3 is 2.69 bits per heavy atom. The van der Waals surface area contributed by atoms with Crippen LogP contribution in [0.4, 0.5) is 5.82 Å². The van der Waals surface area contributed by atoms with Crippen molar-refractivity contribution in [1.82, 2.24) is 19.7 Å². The average molecular weight is 532 g/mol. The Morgan fingerprint density at radius 1 is 1.31 bits per heavy atom. The largest absolute Gasteiger partial charge is 0.462 e. The van der Waals surface area contributed by atoms with E-state index < -0.39 is 50.3 Å². The van der Waals surface area contributed by atoms with Crippen molar-refractivity contribution in [3.05, 3.63) is 24.2 Å². The van der Waals surface area contributed by atoms with E-state index in [0.29, 0.717) is 11.2 Å². The summed E-state index contributed by atoms with van der Waals surface area (Å²) in [5.74, 6) is -0.412. The first-order chi connectivity index (χ1) is 16.9. The molecular formula is C21H34N5O9P. The Kier molecular flexibility index (Phi) is 9.06. The lowest BCUT2D eigenvalue weighted by molar-refractivity contribution is -0.149. The molecule has 1 aliphatic heterocycles. The molecule has 2 aromatic heterocycles. The Hall–Kier alpha value is -2.16. The van der Waals surface area contributed by atoms with E-state index >= 15 is 0 Å². The van der Waals surface area contributed by atoms with Gasteiger partial charge >= 0.3 is 13.7 Å². The number of rotatable bonds is 12. The number of aliphatic hydroxyl groups is 2. The fraction of sp³-hybridized carbons (Fsp3) is 0.667. The number of esters is 1. The van der Waals surface area contributed by atoms with Crippen LogP contribution in [0.5, 0.6) is 0 Å².